The lowest BCUT2D eigenvalue weighted by molar-refractivity contribution is -0.140. The van der Waals surface area contributed by atoms with E-state index in [0.29, 0.717) is 22.8 Å². The molecule has 0 heterocycles. The molecule has 1 atom stereocenters. The van der Waals surface area contributed by atoms with Crippen LogP contribution in [0.4, 0.5) is 5.69 Å². The second kappa shape index (κ2) is 13.6. The van der Waals surface area contributed by atoms with Crippen molar-refractivity contribution in [3.8, 4) is 0 Å². The van der Waals surface area contributed by atoms with Crippen molar-refractivity contribution in [2.45, 2.75) is 46.2 Å². The molecule has 0 radical (unpaired) electrons. The first-order valence-corrected chi connectivity index (χ1v) is 15.1. The lowest BCUT2D eigenvalue weighted by atomic mass is 10.0. The van der Waals surface area contributed by atoms with Gasteiger partial charge in [0.25, 0.3) is 0 Å². The van der Waals surface area contributed by atoms with Crippen molar-refractivity contribution in [3.05, 3.63) is 100 Å². The molecule has 0 aliphatic heterocycles. The molecule has 0 saturated carbocycles. The Hall–Kier alpha value is -3.36. The van der Waals surface area contributed by atoms with E-state index in [0.717, 1.165) is 33.7 Å². The van der Waals surface area contributed by atoms with Crippen molar-refractivity contribution >= 4 is 39.1 Å². The number of aryl methyl sites for hydroxylation is 2. The standard InChI is InChI=1S/C30H36ClN3O4S/c1-5-17-32-30(36)28(19-24-12-7-6-8-13-24)33(20-25-14-10-9-11-22(25)2)29(35)21-34(39(4,37)38)27-16-15-26(31)18-23(27)3/h6-16,18,28H,5,17,19-21H2,1-4H3,(H,32,36)/t28-/m1/s1. The van der Waals surface area contributed by atoms with Crippen LogP contribution in [0.1, 0.15) is 35.6 Å². The molecule has 0 aliphatic rings. The zero-order valence-electron chi connectivity index (χ0n) is 22.9. The fourth-order valence-corrected chi connectivity index (χ4v) is 5.52. The molecular weight excluding hydrogens is 534 g/mol. The summed E-state index contributed by atoms with van der Waals surface area (Å²) in [6.07, 6.45) is 2.09. The third kappa shape index (κ3) is 8.31. The predicted octanol–water partition coefficient (Wildman–Crippen LogP) is 4.89. The number of hydrogen-bond acceptors (Lipinski definition) is 4. The number of nitrogens with zero attached hydrogens (tertiary/aromatic N) is 2. The minimum atomic E-state index is -3.84. The van der Waals surface area contributed by atoms with Crippen molar-refractivity contribution < 1.29 is 18.0 Å². The Morgan fingerprint density at radius 3 is 2.23 bits per heavy atom. The summed E-state index contributed by atoms with van der Waals surface area (Å²) < 4.78 is 26.9. The molecule has 2 amide bonds. The van der Waals surface area contributed by atoms with Crippen LogP contribution in [0.3, 0.4) is 0 Å². The predicted molar refractivity (Wildman–Crippen MR) is 157 cm³/mol. The summed E-state index contributed by atoms with van der Waals surface area (Å²) >= 11 is 6.10. The highest BCUT2D eigenvalue weighted by atomic mass is 35.5. The van der Waals surface area contributed by atoms with Crippen LogP contribution in [-0.4, -0.2) is 50.5 Å². The number of anilines is 1. The van der Waals surface area contributed by atoms with E-state index in [4.69, 9.17) is 11.6 Å². The first-order valence-electron chi connectivity index (χ1n) is 12.9. The highest BCUT2D eigenvalue weighted by Crippen LogP contribution is 2.26. The van der Waals surface area contributed by atoms with E-state index in [-0.39, 0.29) is 18.9 Å². The molecule has 1 N–H and O–H groups in total. The first-order chi connectivity index (χ1) is 18.5. The smallest absolute Gasteiger partial charge is 0.244 e. The van der Waals surface area contributed by atoms with E-state index < -0.39 is 28.5 Å². The third-order valence-corrected chi connectivity index (χ3v) is 7.89. The van der Waals surface area contributed by atoms with E-state index in [1.807, 2.05) is 68.4 Å². The topological polar surface area (TPSA) is 86.8 Å². The largest absolute Gasteiger partial charge is 0.354 e. The summed E-state index contributed by atoms with van der Waals surface area (Å²) in [5.41, 5.74) is 3.72. The quantitative estimate of drug-likeness (QED) is 0.336. The van der Waals surface area contributed by atoms with E-state index in [9.17, 15) is 18.0 Å². The van der Waals surface area contributed by atoms with Gasteiger partial charge in [-0.15, -0.1) is 0 Å². The van der Waals surface area contributed by atoms with Gasteiger partial charge < -0.3 is 10.2 Å². The Labute approximate surface area is 236 Å². The number of sulfonamides is 1. The van der Waals surface area contributed by atoms with Gasteiger partial charge in [0.1, 0.15) is 12.6 Å². The fourth-order valence-electron chi connectivity index (χ4n) is 4.38. The lowest BCUT2D eigenvalue weighted by Gasteiger charge is -2.34. The summed E-state index contributed by atoms with van der Waals surface area (Å²) in [5, 5.41) is 3.41. The minimum absolute atomic E-state index is 0.153. The summed E-state index contributed by atoms with van der Waals surface area (Å²) in [4.78, 5) is 29.1. The van der Waals surface area contributed by atoms with Gasteiger partial charge in [-0.2, -0.15) is 0 Å². The van der Waals surface area contributed by atoms with Crippen LogP contribution < -0.4 is 9.62 Å². The molecule has 0 spiro atoms. The molecule has 0 unspecified atom stereocenters. The molecule has 3 aromatic rings. The zero-order valence-corrected chi connectivity index (χ0v) is 24.4. The van der Waals surface area contributed by atoms with E-state index >= 15 is 0 Å². The average molecular weight is 570 g/mol. The molecular formula is C30H36ClN3O4S. The number of carbonyl (C=O) groups excluding carboxylic acids is 2. The van der Waals surface area contributed by atoms with Gasteiger partial charge >= 0.3 is 0 Å². The molecule has 0 bridgehead atoms. The summed E-state index contributed by atoms with van der Waals surface area (Å²) in [6, 6.07) is 21.1. The van der Waals surface area contributed by atoms with Gasteiger partial charge in [-0.3, -0.25) is 13.9 Å². The molecule has 3 aromatic carbocycles. The Bertz CT molecular complexity index is 1400. The fraction of sp³-hybridized carbons (Fsp3) is 0.333. The zero-order chi connectivity index (χ0) is 28.6. The molecule has 3 rings (SSSR count). The van der Waals surface area contributed by atoms with Crippen LogP contribution in [0.5, 0.6) is 0 Å². The maximum absolute atomic E-state index is 14.1. The summed E-state index contributed by atoms with van der Waals surface area (Å²) in [5.74, 6) is -0.762. The molecule has 0 fully saturated rings. The van der Waals surface area contributed by atoms with Gasteiger partial charge in [-0.25, -0.2) is 8.42 Å². The highest BCUT2D eigenvalue weighted by Gasteiger charge is 2.33. The average Bonchev–Trinajstić information content (AvgIpc) is 2.89. The van der Waals surface area contributed by atoms with Crippen molar-refractivity contribution in [1.82, 2.24) is 10.2 Å². The molecule has 39 heavy (non-hydrogen) atoms. The van der Waals surface area contributed by atoms with Crippen LogP contribution in [0.15, 0.2) is 72.8 Å². The lowest BCUT2D eigenvalue weighted by Crippen LogP contribution is -2.53. The molecule has 9 heteroatoms. The molecule has 0 aliphatic carbocycles. The molecule has 208 valence electrons. The van der Waals surface area contributed by atoms with Crippen LogP contribution in [0.2, 0.25) is 5.02 Å². The maximum atomic E-state index is 14.1. The van der Waals surface area contributed by atoms with Crippen LogP contribution in [0, 0.1) is 13.8 Å². The first kappa shape index (κ1) is 30.2. The van der Waals surface area contributed by atoms with Gasteiger partial charge in [-0.1, -0.05) is 73.1 Å². The van der Waals surface area contributed by atoms with Crippen LogP contribution in [0.25, 0.3) is 0 Å². The Morgan fingerprint density at radius 1 is 0.949 bits per heavy atom. The third-order valence-electron chi connectivity index (χ3n) is 6.53. The summed E-state index contributed by atoms with van der Waals surface area (Å²) in [6.45, 7) is 5.81. The maximum Gasteiger partial charge on any atom is 0.244 e. The van der Waals surface area contributed by atoms with Gasteiger partial charge in [0.15, 0.2) is 0 Å². The second-order valence-electron chi connectivity index (χ2n) is 9.65. The van der Waals surface area contributed by atoms with Gasteiger partial charge in [0.2, 0.25) is 21.8 Å². The number of nitrogens with one attached hydrogen (secondary N) is 1. The van der Waals surface area contributed by atoms with Crippen molar-refractivity contribution in [3.63, 3.8) is 0 Å². The molecule has 0 aromatic heterocycles. The van der Waals surface area contributed by atoms with E-state index in [1.54, 1.807) is 25.1 Å². The molecule has 0 saturated heterocycles. The number of amides is 2. The van der Waals surface area contributed by atoms with E-state index in [1.165, 1.54) is 4.90 Å². The van der Waals surface area contributed by atoms with E-state index in [2.05, 4.69) is 5.32 Å². The van der Waals surface area contributed by atoms with Gasteiger partial charge in [-0.05, 0) is 60.7 Å². The number of rotatable bonds is 12. The summed E-state index contributed by atoms with van der Waals surface area (Å²) in [7, 11) is -3.84. The van der Waals surface area contributed by atoms with Gasteiger partial charge in [0.05, 0.1) is 11.9 Å². The SMILES string of the molecule is CCCNC(=O)[C@@H](Cc1ccccc1)N(Cc1ccccc1C)C(=O)CN(c1ccc(Cl)cc1C)S(C)(=O)=O. The Balaban J connectivity index is 2.07. The van der Waals surface area contributed by atoms with Crippen LogP contribution in [-0.2, 0) is 32.6 Å². The number of hydrogen-bond donors (Lipinski definition) is 1. The number of carbonyl (C=O) groups is 2. The van der Waals surface area contributed by atoms with Crippen LogP contribution >= 0.6 is 11.6 Å². The Kier molecular flexibility index (Phi) is 10.5. The Morgan fingerprint density at radius 2 is 1.62 bits per heavy atom. The second-order valence-corrected chi connectivity index (χ2v) is 12.0. The van der Waals surface area contributed by atoms with Crippen molar-refractivity contribution in [2.24, 2.45) is 0 Å². The monoisotopic (exact) mass is 569 g/mol. The van der Waals surface area contributed by atoms with Gasteiger partial charge in [0, 0.05) is 24.5 Å². The highest BCUT2D eigenvalue weighted by molar-refractivity contribution is 7.92. The number of halogens is 1. The minimum Gasteiger partial charge on any atom is -0.354 e. The number of benzene rings is 3. The van der Waals surface area contributed by atoms with Crippen molar-refractivity contribution in [2.75, 3.05) is 23.7 Å². The van der Waals surface area contributed by atoms with Crippen molar-refractivity contribution in [1.29, 1.82) is 0 Å². The molecule has 7 nitrogen and oxygen atoms in total. The normalized spacial score (nSPS) is 12.0.